The van der Waals surface area contributed by atoms with Crippen molar-refractivity contribution in [2.45, 2.75) is 20.0 Å². The summed E-state index contributed by atoms with van der Waals surface area (Å²) in [4.78, 5) is 11.9. The Balaban J connectivity index is 1.99. The summed E-state index contributed by atoms with van der Waals surface area (Å²) in [6, 6.07) is 14.7. The van der Waals surface area contributed by atoms with Crippen LogP contribution in [0.2, 0.25) is 5.02 Å². The number of hydrogen-bond donors (Lipinski definition) is 1. The van der Waals surface area contributed by atoms with Crippen molar-refractivity contribution in [3.8, 4) is 5.75 Å². The molecule has 2 aromatic carbocycles. The summed E-state index contributed by atoms with van der Waals surface area (Å²) in [6.45, 7) is 3.11. The molecule has 2 aromatic rings. The molecule has 1 amide bonds. The molecule has 0 radical (unpaired) electrons. The molecule has 3 nitrogen and oxygen atoms in total. The maximum atomic E-state index is 11.9. The van der Waals surface area contributed by atoms with Crippen LogP contribution in [0.4, 0.5) is 0 Å². The van der Waals surface area contributed by atoms with Gasteiger partial charge < -0.3 is 10.1 Å². The van der Waals surface area contributed by atoms with E-state index >= 15 is 0 Å². The Hall–Kier alpha value is -2.00. The van der Waals surface area contributed by atoms with Crippen molar-refractivity contribution in [3.63, 3.8) is 0 Å². The van der Waals surface area contributed by atoms with Gasteiger partial charge in [-0.2, -0.15) is 0 Å². The Kier molecular flexibility index (Phi) is 5.64. The van der Waals surface area contributed by atoms with Gasteiger partial charge in [0, 0.05) is 17.1 Å². The Labute approximate surface area is 129 Å². The summed E-state index contributed by atoms with van der Waals surface area (Å²) in [7, 11) is 0. The van der Waals surface area contributed by atoms with Gasteiger partial charge in [-0.15, -0.1) is 0 Å². The zero-order valence-corrected chi connectivity index (χ0v) is 12.7. The predicted octanol–water partition coefficient (Wildman–Crippen LogP) is 4.06. The van der Waals surface area contributed by atoms with Crippen LogP contribution in [0.3, 0.4) is 0 Å². The van der Waals surface area contributed by atoms with E-state index in [-0.39, 0.29) is 5.91 Å². The number of benzene rings is 2. The van der Waals surface area contributed by atoms with Crippen LogP contribution in [0.5, 0.6) is 5.75 Å². The van der Waals surface area contributed by atoms with Crippen molar-refractivity contribution in [1.29, 1.82) is 0 Å². The second-order valence-electron chi connectivity index (χ2n) is 4.70. The minimum Gasteiger partial charge on any atom is -0.489 e. The highest BCUT2D eigenvalue weighted by atomic mass is 35.5. The molecular weight excluding hydrogens is 286 g/mol. The minimum atomic E-state index is -0.0787. The molecule has 0 aromatic heterocycles. The molecule has 0 heterocycles. The van der Waals surface area contributed by atoms with Gasteiger partial charge in [-0.05, 0) is 42.3 Å². The molecule has 0 spiro atoms. The maximum absolute atomic E-state index is 11.9. The topological polar surface area (TPSA) is 38.3 Å². The molecule has 0 unspecified atom stereocenters. The van der Waals surface area contributed by atoms with E-state index in [1.165, 1.54) is 0 Å². The molecule has 1 N–H and O–H groups in total. The van der Waals surface area contributed by atoms with Crippen LogP contribution in [-0.4, -0.2) is 12.5 Å². The molecule has 0 aliphatic carbocycles. The normalized spacial score (nSPS) is 10.2. The molecular formula is C17H18ClNO2. The summed E-state index contributed by atoms with van der Waals surface area (Å²) < 4.78 is 5.70. The van der Waals surface area contributed by atoms with E-state index in [2.05, 4.69) is 5.32 Å². The Morgan fingerprint density at radius 3 is 2.76 bits per heavy atom. The predicted molar refractivity (Wildman–Crippen MR) is 84.9 cm³/mol. The van der Waals surface area contributed by atoms with E-state index in [1.807, 2.05) is 43.3 Å². The lowest BCUT2D eigenvalue weighted by Crippen LogP contribution is -2.23. The fraction of sp³-hybridized carbons (Fsp3) is 0.235. The quantitative estimate of drug-likeness (QED) is 0.874. The first-order chi connectivity index (χ1) is 10.2. The van der Waals surface area contributed by atoms with Gasteiger partial charge in [-0.1, -0.05) is 36.7 Å². The van der Waals surface area contributed by atoms with E-state index in [4.69, 9.17) is 16.3 Å². The molecule has 4 heteroatoms. The fourth-order valence-corrected chi connectivity index (χ4v) is 2.07. The van der Waals surface area contributed by atoms with Crippen LogP contribution in [0.15, 0.2) is 48.5 Å². The van der Waals surface area contributed by atoms with Crippen LogP contribution in [0, 0.1) is 0 Å². The molecule has 2 rings (SSSR count). The summed E-state index contributed by atoms with van der Waals surface area (Å²) in [5, 5.41) is 3.53. The van der Waals surface area contributed by atoms with Gasteiger partial charge >= 0.3 is 0 Å². The van der Waals surface area contributed by atoms with Crippen molar-refractivity contribution >= 4 is 17.5 Å². The number of ether oxygens (including phenoxy) is 1. The Bertz CT molecular complexity index is 613. The van der Waals surface area contributed by atoms with Crippen LogP contribution < -0.4 is 10.1 Å². The van der Waals surface area contributed by atoms with Crippen LogP contribution >= 0.6 is 11.6 Å². The van der Waals surface area contributed by atoms with Gasteiger partial charge in [-0.3, -0.25) is 4.79 Å². The van der Waals surface area contributed by atoms with Crippen molar-refractivity contribution in [1.82, 2.24) is 5.32 Å². The Morgan fingerprint density at radius 1 is 1.19 bits per heavy atom. The van der Waals surface area contributed by atoms with Gasteiger partial charge in [0.05, 0.1) is 0 Å². The molecule has 0 bridgehead atoms. The molecule has 0 aliphatic rings. The lowest BCUT2D eigenvalue weighted by atomic mass is 10.2. The molecule has 0 fully saturated rings. The first kappa shape index (κ1) is 15.4. The number of halogens is 1. The number of amides is 1. The van der Waals surface area contributed by atoms with Crippen LogP contribution in [0.25, 0.3) is 0 Å². The fourth-order valence-electron chi connectivity index (χ4n) is 1.86. The third-order valence-corrected chi connectivity index (χ3v) is 3.16. The second kappa shape index (κ2) is 7.70. The highest BCUT2D eigenvalue weighted by Gasteiger charge is 2.06. The minimum absolute atomic E-state index is 0.0787. The smallest absolute Gasteiger partial charge is 0.251 e. The average molecular weight is 304 g/mol. The van der Waals surface area contributed by atoms with E-state index in [1.54, 1.807) is 12.1 Å². The van der Waals surface area contributed by atoms with Crippen LogP contribution in [0.1, 0.15) is 29.3 Å². The second-order valence-corrected chi connectivity index (χ2v) is 5.14. The number of carbonyl (C=O) groups is 1. The number of rotatable bonds is 6. The Morgan fingerprint density at radius 2 is 2.00 bits per heavy atom. The molecule has 0 aliphatic heterocycles. The third kappa shape index (κ3) is 4.80. The number of nitrogens with one attached hydrogen (secondary N) is 1. The summed E-state index contributed by atoms with van der Waals surface area (Å²) in [6.07, 6.45) is 0.913. The maximum Gasteiger partial charge on any atom is 0.251 e. The standard InChI is InChI=1S/C17H18ClNO2/c1-2-9-19-17(20)14-6-4-8-16(11-14)21-12-13-5-3-7-15(18)10-13/h3-8,10-11H,2,9,12H2,1H3,(H,19,20). The largest absolute Gasteiger partial charge is 0.489 e. The van der Waals surface area contributed by atoms with Gasteiger partial charge in [0.1, 0.15) is 12.4 Å². The lowest BCUT2D eigenvalue weighted by Gasteiger charge is -2.09. The molecule has 0 atom stereocenters. The van der Waals surface area contributed by atoms with E-state index in [9.17, 15) is 4.79 Å². The van der Waals surface area contributed by atoms with Gasteiger partial charge in [0.2, 0.25) is 0 Å². The third-order valence-electron chi connectivity index (χ3n) is 2.93. The van der Waals surface area contributed by atoms with E-state index in [0.29, 0.717) is 29.5 Å². The number of hydrogen-bond acceptors (Lipinski definition) is 2. The highest BCUT2D eigenvalue weighted by Crippen LogP contribution is 2.17. The number of carbonyl (C=O) groups excluding carboxylic acids is 1. The summed E-state index contributed by atoms with van der Waals surface area (Å²) >= 11 is 5.93. The first-order valence-electron chi connectivity index (χ1n) is 6.94. The molecule has 0 saturated heterocycles. The summed E-state index contributed by atoms with van der Waals surface area (Å²) in [5.41, 5.74) is 1.59. The van der Waals surface area contributed by atoms with E-state index < -0.39 is 0 Å². The zero-order valence-electron chi connectivity index (χ0n) is 11.9. The zero-order chi connectivity index (χ0) is 15.1. The van der Waals surface area contributed by atoms with Crippen molar-refractivity contribution in [2.75, 3.05) is 6.54 Å². The van der Waals surface area contributed by atoms with Gasteiger partial charge in [-0.25, -0.2) is 0 Å². The SMILES string of the molecule is CCCNC(=O)c1cccc(OCc2cccc(Cl)c2)c1. The van der Waals surface area contributed by atoms with Crippen molar-refractivity contribution in [2.24, 2.45) is 0 Å². The summed E-state index contributed by atoms with van der Waals surface area (Å²) in [5.74, 6) is 0.587. The lowest BCUT2D eigenvalue weighted by molar-refractivity contribution is 0.0953. The van der Waals surface area contributed by atoms with E-state index in [0.717, 1.165) is 12.0 Å². The monoisotopic (exact) mass is 303 g/mol. The first-order valence-corrected chi connectivity index (χ1v) is 7.32. The van der Waals surface area contributed by atoms with Gasteiger partial charge in [0.25, 0.3) is 5.91 Å². The molecule has 21 heavy (non-hydrogen) atoms. The highest BCUT2D eigenvalue weighted by molar-refractivity contribution is 6.30. The molecule has 110 valence electrons. The van der Waals surface area contributed by atoms with Gasteiger partial charge in [0.15, 0.2) is 0 Å². The van der Waals surface area contributed by atoms with Crippen LogP contribution in [-0.2, 0) is 6.61 Å². The average Bonchev–Trinajstić information content (AvgIpc) is 2.51. The van der Waals surface area contributed by atoms with Crippen molar-refractivity contribution < 1.29 is 9.53 Å². The molecule has 0 saturated carbocycles. The van der Waals surface area contributed by atoms with Crippen molar-refractivity contribution in [3.05, 3.63) is 64.7 Å².